The monoisotopic (exact) mass is 220 g/mol. The lowest BCUT2D eigenvalue weighted by Crippen LogP contribution is -2.33. The van der Waals surface area contributed by atoms with Gasteiger partial charge in [-0.1, -0.05) is 0 Å². The van der Waals surface area contributed by atoms with Crippen LogP contribution in [0.25, 0.3) is 0 Å². The summed E-state index contributed by atoms with van der Waals surface area (Å²) >= 11 is 0. The average Bonchev–Trinajstić information content (AvgIpc) is 2.30. The molecule has 1 unspecified atom stereocenters. The quantitative estimate of drug-likeness (QED) is 0.828. The van der Waals surface area contributed by atoms with E-state index < -0.39 is 0 Å². The molecular weight excluding hydrogens is 204 g/mol. The van der Waals surface area contributed by atoms with Crippen LogP contribution in [-0.2, 0) is 9.53 Å². The van der Waals surface area contributed by atoms with E-state index in [1.165, 1.54) is 0 Å². The largest absolute Gasteiger partial charge is 0.368 e. The van der Waals surface area contributed by atoms with Gasteiger partial charge in [0, 0.05) is 12.8 Å². The summed E-state index contributed by atoms with van der Waals surface area (Å²) in [5, 5.41) is 2.78. The molecule has 2 rings (SSSR count). The third-order valence-electron chi connectivity index (χ3n) is 2.64. The highest BCUT2D eigenvalue weighted by Crippen LogP contribution is 2.14. The number of aromatic nitrogens is 1. The maximum absolute atomic E-state index is 11.8. The summed E-state index contributed by atoms with van der Waals surface area (Å²) in [5.41, 5.74) is 1.08. The minimum atomic E-state index is -0.309. The van der Waals surface area contributed by atoms with Crippen LogP contribution in [-0.4, -0.2) is 23.6 Å². The zero-order valence-corrected chi connectivity index (χ0v) is 9.40. The minimum Gasteiger partial charge on any atom is -0.368 e. The number of anilines is 1. The normalized spacial score (nSPS) is 20.4. The van der Waals surface area contributed by atoms with Crippen LogP contribution in [0.15, 0.2) is 18.3 Å². The van der Waals surface area contributed by atoms with Gasteiger partial charge in [-0.2, -0.15) is 0 Å². The summed E-state index contributed by atoms with van der Waals surface area (Å²) in [6.07, 6.45) is 4.28. The van der Waals surface area contributed by atoms with E-state index in [1.54, 1.807) is 6.20 Å². The molecular formula is C12H16N2O2. The Kier molecular flexibility index (Phi) is 3.51. The molecule has 2 heterocycles. The van der Waals surface area contributed by atoms with E-state index in [9.17, 15) is 4.79 Å². The van der Waals surface area contributed by atoms with Crippen molar-refractivity contribution in [1.82, 2.24) is 4.98 Å². The van der Waals surface area contributed by atoms with Gasteiger partial charge in [0.25, 0.3) is 5.91 Å². The van der Waals surface area contributed by atoms with Gasteiger partial charge < -0.3 is 10.1 Å². The van der Waals surface area contributed by atoms with Crippen LogP contribution < -0.4 is 5.32 Å². The number of hydrogen-bond acceptors (Lipinski definition) is 3. The number of aryl methyl sites for hydroxylation is 1. The summed E-state index contributed by atoms with van der Waals surface area (Å²) < 4.78 is 5.40. The SMILES string of the molecule is Cc1ccnc(NC(=O)C2CCCCO2)c1. The summed E-state index contributed by atoms with van der Waals surface area (Å²) in [4.78, 5) is 15.9. The highest BCUT2D eigenvalue weighted by Gasteiger charge is 2.21. The first-order valence-electron chi connectivity index (χ1n) is 5.61. The second kappa shape index (κ2) is 5.07. The molecule has 1 amide bonds. The van der Waals surface area contributed by atoms with Crippen LogP contribution in [0, 0.1) is 6.92 Å². The first-order valence-corrected chi connectivity index (χ1v) is 5.61. The summed E-state index contributed by atoms with van der Waals surface area (Å²) in [5.74, 6) is 0.511. The Bertz CT molecular complexity index is 373. The molecule has 1 atom stereocenters. The molecule has 0 saturated carbocycles. The maximum Gasteiger partial charge on any atom is 0.254 e. The Hall–Kier alpha value is -1.42. The van der Waals surface area contributed by atoms with Gasteiger partial charge in [0.15, 0.2) is 0 Å². The molecule has 4 heteroatoms. The standard InChI is InChI=1S/C12H16N2O2/c1-9-5-6-13-11(8-9)14-12(15)10-4-2-3-7-16-10/h5-6,8,10H,2-4,7H2,1H3,(H,13,14,15). The number of amides is 1. The topological polar surface area (TPSA) is 51.2 Å². The fourth-order valence-electron chi connectivity index (χ4n) is 1.76. The van der Waals surface area contributed by atoms with Crippen LogP contribution in [0.2, 0.25) is 0 Å². The van der Waals surface area contributed by atoms with Gasteiger partial charge in [0.1, 0.15) is 11.9 Å². The fourth-order valence-corrected chi connectivity index (χ4v) is 1.76. The Morgan fingerprint density at radius 1 is 1.56 bits per heavy atom. The van der Waals surface area contributed by atoms with E-state index in [0.29, 0.717) is 12.4 Å². The van der Waals surface area contributed by atoms with Crippen molar-refractivity contribution in [3.8, 4) is 0 Å². The van der Waals surface area contributed by atoms with Crippen molar-refractivity contribution >= 4 is 11.7 Å². The predicted octanol–water partition coefficient (Wildman–Crippen LogP) is 1.90. The molecule has 1 aromatic rings. The Morgan fingerprint density at radius 3 is 3.12 bits per heavy atom. The van der Waals surface area contributed by atoms with Gasteiger partial charge in [0.2, 0.25) is 0 Å². The number of hydrogen-bond donors (Lipinski definition) is 1. The Balaban J connectivity index is 1.96. The van der Waals surface area contributed by atoms with Crippen LogP contribution >= 0.6 is 0 Å². The number of ether oxygens (including phenoxy) is 1. The van der Waals surface area contributed by atoms with Gasteiger partial charge >= 0.3 is 0 Å². The van der Waals surface area contributed by atoms with E-state index in [2.05, 4.69) is 10.3 Å². The fraction of sp³-hybridized carbons (Fsp3) is 0.500. The first-order chi connectivity index (χ1) is 7.75. The second-order valence-corrected chi connectivity index (χ2v) is 4.06. The van der Waals surface area contributed by atoms with Crippen molar-refractivity contribution in [3.63, 3.8) is 0 Å². The third kappa shape index (κ3) is 2.79. The Labute approximate surface area is 95.0 Å². The average molecular weight is 220 g/mol. The van der Waals surface area contributed by atoms with Gasteiger partial charge in [-0.15, -0.1) is 0 Å². The molecule has 1 saturated heterocycles. The van der Waals surface area contributed by atoms with E-state index in [-0.39, 0.29) is 12.0 Å². The van der Waals surface area contributed by atoms with Gasteiger partial charge in [-0.25, -0.2) is 4.98 Å². The van der Waals surface area contributed by atoms with Crippen molar-refractivity contribution in [2.45, 2.75) is 32.3 Å². The first kappa shape index (κ1) is 11.1. The zero-order valence-electron chi connectivity index (χ0n) is 9.40. The van der Waals surface area contributed by atoms with Crippen molar-refractivity contribution in [2.24, 2.45) is 0 Å². The minimum absolute atomic E-state index is 0.0854. The van der Waals surface area contributed by atoms with E-state index in [0.717, 1.165) is 24.8 Å². The zero-order chi connectivity index (χ0) is 11.4. The summed E-state index contributed by atoms with van der Waals surface area (Å²) in [6.45, 7) is 2.65. The maximum atomic E-state index is 11.8. The number of carbonyl (C=O) groups excluding carboxylic acids is 1. The van der Waals surface area contributed by atoms with Gasteiger partial charge in [0.05, 0.1) is 0 Å². The smallest absolute Gasteiger partial charge is 0.254 e. The molecule has 86 valence electrons. The predicted molar refractivity (Wildman–Crippen MR) is 61.2 cm³/mol. The number of rotatable bonds is 2. The number of pyridine rings is 1. The molecule has 1 aromatic heterocycles. The molecule has 0 radical (unpaired) electrons. The molecule has 1 aliphatic rings. The molecule has 4 nitrogen and oxygen atoms in total. The van der Waals surface area contributed by atoms with Crippen molar-refractivity contribution < 1.29 is 9.53 Å². The number of nitrogens with zero attached hydrogens (tertiary/aromatic N) is 1. The molecule has 16 heavy (non-hydrogen) atoms. The van der Waals surface area contributed by atoms with Crippen molar-refractivity contribution in [2.75, 3.05) is 11.9 Å². The van der Waals surface area contributed by atoms with Crippen LogP contribution in [0.4, 0.5) is 5.82 Å². The molecule has 1 aliphatic heterocycles. The summed E-state index contributed by atoms with van der Waals surface area (Å²) in [7, 11) is 0. The number of nitrogens with one attached hydrogen (secondary N) is 1. The number of carbonyl (C=O) groups is 1. The highest BCUT2D eigenvalue weighted by atomic mass is 16.5. The van der Waals surface area contributed by atoms with Gasteiger partial charge in [-0.3, -0.25) is 4.79 Å². The van der Waals surface area contributed by atoms with Crippen LogP contribution in [0.3, 0.4) is 0 Å². The van der Waals surface area contributed by atoms with Crippen LogP contribution in [0.5, 0.6) is 0 Å². The molecule has 0 aromatic carbocycles. The van der Waals surface area contributed by atoms with Crippen molar-refractivity contribution in [3.05, 3.63) is 23.9 Å². The highest BCUT2D eigenvalue weighted by molar-refractivity contribution is 5.93. The second-order valence-electron chi connectivity index (χ2n) is 4.06. The molecule has 1 N–H and O–H groups in total. The molecule has 1 fully saturated rings. The van der Waals surface area contributed by atoms with Gasteiger partial charge in [-0.05, 0) is 43.9 Å². The lowest BCUT2D eigenvalue weighted by atomic mass is 10.1. The molecule has 0 aliphatic carbocycles. The third-order valence-corrected chi connectivity index (χ3v) is 2.64. The Morgan fingerprint density at radius 2 is 2.44 bits per heavy atom. The molecule has 0 spiro atoms. The lowest BCUT2D eigenvalue weighted by molar-refractivity contribution is -0.130. The lowest BCUT2D eigenvalue weighted by Gasteiger charge is -2.21. The van der Waals surface area contributed by atoms with E-state index in [1.807, 2.05) is 19.1 Å². The van der Waals surface area contributed by atoms with E-state index in [4.69, 9.17) is 4.74 Å². The van der Waals surface area contributed by atoms with Crippen LogP contribution in [0.1, 0.15) is 24.8 Å². The summed E-state index contributed by atoms with van der Waals surface area (Å²) in [6, 6.07) is 3.74. The van der Waals surface area contributed by atoms with E-state index >= 15 is 0 Å². The van der Waals surface area contributed by atoms with Crippen molar-refractivity contribution in [1.29, 1.82) is 0 Å². The molecule has 0 bridgehead atoms.